The molecule has 4 N–H and O–H groups in total. The molecule has 1 heterocycles. The van der Waals surface area contributed by atoms with Crippen molar-refractivity contribution >= 4 is 38.3 Å². The molecule has 176 valence electrons. The molecule has 0 atom stereocenters. The van der Waals surface area contributed by atoms with Gasteiger partial charge in [-0.3, -0.25) is 9.52 Å². The first-order valence-corrected chi connectivity index (χ1v) is 11.0. The van der Waals surface area contributed by atoms with Crippen LogP contribution in [-0.2, 0) is 10.0 Å². The topological polar surface area (TPSA) is 133 Å². The second kappa shape index (κ2) is 8.59. The summed E-state index contributed by atoms with van der Waals surface area (Å²) in [6.07, 6.45) is -4.85. The maximum Gasteiger partial charge on any atom is 0.573 e. The third-order valence-corrected chi connectivity index (χ3v) is 5.92. The highest BCUT2D eigenvalue weighted by molar-refractivity contribution is 7.92. The van der Waals surface area contributed by atoms with Crippen LogP contribution in [-0.4, -0.2) is 30.7 Å². The average molecular weight is 492 g/mol. The minimum atomic E-state index is -4.85. The van der Waals surface area contributed by atoms with Crippen LogP contribution in [0, 0.1) is 0 Å². The summed E-state index contributed by atoms with van der Waals surface area (Å²) in [5.41, 5.74) is 0.335. The van der Waals surface area contributed by atoms with E-state index in [1.165, 1.54) is 54.6 Å². The molecule has 0 aliphatic heterocycles. The monoisotopic (exact) mass is 492 g/mol. The number of alkyl halides is 3. The number of sulfonamides is 1. The summed E-state index contributed by atoms with van der Waals surface area (Å²) in [6.45, 7) is 0. The van der Waals surface area contributed by atoms with Crippen molar-refractivity contribution in [2.45, 2.75) is 11.3 Å². The number of nitrogens with one attached hydrogen (secondary N) is 4. The number of ether oxygens (including phenoxy) is 1. The number of fused-ring (bicyclic) bond motifs is 1. The number of hydrogen-bond acceptors (Lipinski definition) is 5. The highest BCUT2D eigenvalue weighted by atomic mass is 32.2. The minimum absolute atomic E-state index is 0.0281. The molecule has 0 saturated heterocycles. The molecule has 0 aliphatic rings. The summed E-state index contributed by atoms with van der Waals surface area (Å²) in [6, 6.07) is 14.2. The fourth-order valence-corrected chi connectivity index (χ4v) is 4.20. The summed E-state index contributed by atoms with van der Waals surface area (Å²) in [4.78, 5) is 29.0. The fourth-order valence-electron chi connectivity index (χ4n) is 3.09. The lowest BCUT2D eigenvalue weighted by molar-refractivity contribution is -0.274. The van der Waals surface area contributed by atoms with E-state index in [-0.39, 0.29) is 27.4 Å². The normalized spacial score (nSPS) is 11.9. The van der Waals surface area contributed by atoms with Gasteiger partial charge in [0.2, 0.25) is 0 Å². The number of aromatic nitrogens is 2. The zero-order chi connectivity index (χ0) is 24.5. The number of anilines is 2. The summed E-state index contributed by atoms with van der Waals surface area (Å²) in [5.74, 6) is -1.16. The van der Waals surface area contributed by atoms with Crippen LogP contribution in [0.3, 0.4) is 0 Å². The molecule has 0 fully saturated rings. The molecule has 1 amide bonds. The lowest BCUT2D eigenvalue weighted by Crippen LogP contribution is -2.19. The molecule has 0 spiro atoms. The molecule has 13 heteroatoms. The largest absolute Gasteiger partial charge is 0.573 e. The van der Waals surface area contributed by atoms with Gasteiger partial charge in [-0.1, -0.05) is 12.1 Å². The van der Waals surface area contributed by atoms with Crippen LogP contribution in [0.15, 0.2) is 76.4 Å². The Morgan fingerprint density at radius 2 is 1.59 bits per heavy atom. The van der Waals surface area contributed by atoms with Gasteiger partial charge in [0.25, 0.3) is 15.9 Å². The van der Waals surface area contributed by atoms with Crippen molar-refractivity contribution in [2.24, 2.45) is 0 Å². The number of H-pyrrole nitrogens is 2. The van der Waals surface area contributed by atoms with Crippen molar-refractivity contribution in [1.29, 1.82) is 0 Å². The Hall–Kier alpha value is -4.26. The van der Waals surface area contributed by atoms with Crippen molar-refractivity contribution < 1.29 is 31.1 Å². The first-order chi connectivity index (χ1) is 16.0. The van der Waals surface area contributed by atoms with Crippen LogP contribution in [0.25, 0.3) is 11.0 Å². The number of benzene rings is 3. The standard InChI is InChI=1S/C21H15F3N4O5S/c22-21(23,24)33-13-7-5-12(6-8-13)25-19(29)15-3-1-2-4-16(15)28-34(31,32)14-9-10-17-18(11-14)27-20(30)26-17/h1-11,28H,(H,25,29)(H2,26,27,30). The van der Waals surface area contributed by atoms with Crippen molar-refractivity contribution in [2.75, 3.05) is 10.0 Å². The maximum absolute atomic E-state index is 12.9. The smallest absolute Gasteiger partial charge is 0.406 e. The van der Waals surface area contributed by atoms with E-state index in [0.717, 1.165) is 12.1 Å². The van der Waals surface area contributed by atoms with E-state index in [9.17, 15) is 31.2 Å². The van der Waals surface area contributed by atoms with Gasteiger partial charge in [0.15, 0.2) is 0 Å². The Morgan fingerprint density at radius 3 is 2.29 bits per heavy atom. The fraction of sp³-hybridized carbons (Fsp3) is 0.0476. The number of aromatic amines is 2. The first kappa shape index (κ1) is 22.9. The maximum atomic E-state index is 12.9. The number of carbonyl (C=O) groups is 1. The van der Waals surface area contributed by atoms with Crippen molar-refractivity contribution in [3.63, 3.8) is 0 Å². The zero-order valence-electron chi connectivity index (χ0n) is 16.9. The zero-order valence-corrected chi connectivity index (χ0v) is 17.8. The third-order valence-electron chi connectivity index (χ3n) is 4.56. The molecule has 0 saturated carbocycles. The van der Waals surface area contributed by atoms with Gasteiger partial charge in [-0.05, 0) is 54.6 Å². The third kappa shape index (κ3) is 5.20. The van der Waals surface area contributed by atoms with Crippen LogP contribution < -0.4 is 20.5 Å². The van der Waals surface area contributed by atoms with Gasteiger partial charge < -0.3 is 20.0 Å². The number of hydrogen-bond donors (Lipinski definition) is 4. The summed E-state index contributed by atoms with van der Waals surface area (Å²) in [7, 11) is -4.14. The molecule has 4 rings (SSSR count). The molecule has 0 aliphatic carbocycles. The highest BCUT2D eigenvalue weighted by Gasteiger charge is 2.31. The summed E-state index contributed by atoms with van der Waals surface area (Å²) in [5, 5.41) is 2.49. The van der Waals surface area contributed by atoms with Gasteiger partial charge in [-0.25, -0.2) is 13.2 Å². The Labute approximate surface area is 189 Å². The second-order valence-electron chi connectivity index (χ2n) is 6.96. The van der Waals surface area contributed by atoms with Crippen LogP contribution >= 0.6 is 0 Å². The highest BCUT2D eigenvalue weighted by Crippen LogP contribution is 2.26. The van der Waals surface area contributed by atoms with E-state index in [2.05, 4.69) is 24.7 Å². The van der Waals surface area contributed by atoms with E-state index in [4.69, 9.17) is 0 Å². The lowest BCUT2D eigenvalue weighted by Gasteiger charge is -2.13. The molecular weight excluding hydrogens is 477 g/mol. The number of carbonyl (C=O) groups excluding carboxylic acids is 1. The molecule has 3 aromatic carbocycles. The summed E-state index contributed by atoms with van der Waals surface area (Å²) >= 11 is 0. The molecule has 9 nitrogen and oxygen atoms in total. The van der Waals surface area contributed by atoms with E-state index in [0.29, 0.717) is 5.52 Å². The Kier molecular flexibility index (Phi) is 5.79. The number of para-hydroxylation sites is 1. The number of halogens is 3. The molecular formula is C21H15F3N4O5S. The van der Waals surface area contributed by atoms with E-state index < -0.39 is 33.7 Å². The van der Waals surface area contributed by atoms with Gasteiger partial charge in [-0.2, -0.15) is 0 Å². The Morgan fingerprint density at radius 1 is 0.912 bits per heavy atom. The van der Waals surface area contributed by atoms with Crippen LogP contribution in [0.2, 0.25) is 0 Å². The summed E-state index contributed by atoms with van der Waals surface area (Å²) < 4.78 is 68.8. The average Bonchev–Trinajstić information content (AvgIpc) is 3.13. The van der Waals surface area contributed by atoms with Gasteiger partial charge in [0, 0.05) is 5.69 Å². The van der Waals surface area contributed by atoms with E-state index in [1.54, 1.807) is 0 Å². The van der Waals surface area contributed by atoms with E-state index >= 15 is 0 Å². The number of amides is 1. The molecule has 1 aromatic heterocycles. The predicted molar refractivity (Wildman–Crippen MR) is 117 cm³/mol. The van der Waals surface area contributed by atoms with Gasteiger partial charge in [0.1, 0.15) is 5.75 Å². The van der Waals surface area contributed by atoms with Crippen molar-refractivity contribution in [3.8, 4) is 5.75 Å². The SMILES string of the molecule is O=C(Nc1ccc(OC(F)(F)F)cc1)c1ccccc1NS(=O)(=O)c1ccc2[nH]c(=O)[nH]c2c1. The van der Waals surface area contributed by atoms with Crippen molar-refractivity contribution in [1.82, 2.24) is 9.97 Å². The molecule has 34 heavy (non-hydrogen) atoms. The number of rotatable bonds is 6. The van der Waals surface area contributed by atoms with Gasteiger partial charge >= 0.3 is 12.1 Å². The molecule has 0 unspecified atom stereocenters. The Balaban J connectivity index is 1.55. The molecule has 0 bridgehead atoms. The molecule has 4 aromatic rings. The minimum Gasteiger partial charge on any atom is -0.406 e. The van der Waals surface area contributed by atoms with Crippen LogP contribution in [0.4, 0.5) is 24.5 Å². The van der Waals surface area contributed by atoms with Gasteiger partial charge in [-0.15, -0.1) is 13.2 Å². The first-order valence-electron chi connectivity index (χ1n) is 9.51. The van der Waals surface area contributed by atoms with E-state index in [1.807, 2.05) is 0 Å². The predicted octanol–water partition coefficient (Wildman–Crippen LogP) is 3.81. The van der Waals surface area contributed by atoms with Crippen LogP contribution in [0.5, 0.6) is 5.75 Å². The molecule has 0 radical (unpaired) electrons. The lowest BCUT2D eigenvalue weighted by atomic mass is 10.1. The van der Waals surface area contributed by atoms with Gasteiger partial charge in [0.05, 0.1) is 27.2 Å². The quantitative estimate of drug-likeness (QED) is 0.325. The Bertz CT molecular complexity index is 1530. The second-order valence-corrected chi connectivity index (χ2v) is 8.65. The van der Waals surface area contributed by atoms with Crippen LogP contribution in [0.1, 0.15) is 10.4 Å². The number of imidazole rings is 1. The van der Waals surface area contributed by atoms with Crippen molar-refractivity contribution in [3.05, 3.63) is 82.8 Å².